The van der Waals surface area contributed by atoms with Crippen LogP contribution in [0.1, 0.15) is 22.3 Å². The molecule has 6 amide bonds. The van der Waals surface area contributed by atoms with Crippen LogP contribution in [0, 0.1) is 0 Å². The number of hydrogen-bond acceptors (Lipinski definition) is 6. The van der Waals surface area contributed by atoms with Crippen molar-refractivity contribution >= 4 is 24.1 Å². The summed E-state index contributed by atoms with van der Waals surface area (Å²) >= 11 is 0. The second-order valence-electron chi connectivity index (χ2n) is 6.49. The van der Waals surface area contributed by atoms with Gasteiger partial charge in [-0.05, 0) is 33.1 Å². The number of imide groups is 2. The molecule has 0 spiro atoms. The first-order chi connectivity index (χ1) is 13.7. The topological polar surface area (TPSA) is 111 Å². The molecule has 1 aromatic carbocycles. The second kappa shape index (κ2) is 11.6. The van der Waals surface area contributed by atoms with E-state index in [1.807, 2.05) is 19.0 Å². The molecule has 0 radical (unpaired) electrons. The van der Waals surface area contributed by atoms with Gasteiger partial charge in [-0.15, -0.1) is 0 Å². The lowest BCUT2D eigenvalue weighted by atomic mass is 10.1. The maximum atomic E-state index is 12.5. The van der Waals surface area contributed by atoms with Gasteiger partial charge in [0.1, 0.15) is 6.61 Å². The first-order valence-corrected chi connectivity index (χ1v) is 9.11. The number of rotatable bonds is 7. The molecule has 0 aliphatic heterocycles. The Kier molecular flexibility index (Phi) is 9.60. The van der Waals surface area contributed by atoms with E-state index in [1.54, 1.807) is 24.3 Å². The van der Waals surface area contributed by atoms with Gasteiger partial charge in [0.05, 0.1) is 0 Å². The Morgan fingerprint density at radius 2 is 1.55 bits per heavy atom. The van der Waals surface area contributed by atoms with E-state index in [4.69, 9.17) is 4.74 Å². The molecule has 10 heteroatoms. The maximum Gasteiger partial charge on any atom is 0.418 e. The summed E-state index contributed by atoms with van der Waals surface area (Å²) in [7, 11) is 7.99. The molecule has 0 unspecified atom stereocenters. The van der Waals surface area contributed by atoms with E-state index in [1.165, 1.54) is 21.1 Å². The minimum absolute atomic E-state index is 0.191. The van der Waals surface area contributed by atoms with Crippen LogP contribution in [-0.2, 0) is 11.3 Å². The quantitative estimate of drug-likeness (QED) is 0.705. The first-order valence-electron chi connectivity index (χ1n) is 9.11. The second-order valence-corrected chi connectivity index (χ2v) is 6.49. The Balaban J connectivity index is 2.87. The van der Waals surface area contributed by atoms with Crippen LogP contribution in [0.15, 0.2) is 24.3 Å². The fraction of sp³-hybridized carbons (Fsp3) is 0.474. The van der Waals surface area contributed by atoms with Crippen molar-refractivity contribution < 1.29 is 23.9 Å². The molecular formula is C19H29N5O5. The van der Waals surface area contributed by atoms with Gasteiger partial charge in [0.25, 0.3) is 5.91 Å². The normalized spacial score (nSPS) is 10.3. The SMILES string of the molecule is CNC(=O)N(C)C(=O)c1ccccc1COC(=O)N(CCCN(C)C)C(=O)NC. The van der Waals surface area contributed by atoms with Crippen LogP contribution in [0.25, 0.3) is 0 Å². The van der Waals surface area contributed by atoms with Crippen molar-refractivity contribution in [3.05, 3.63) is 35.4 Å². The number of benzene rings is 1. The Morgan fingerprint density at radius 3 is 2.14 bits per heavy atom. The number of urea groups is 2. The summed E-state index contributed by atoms with van der Waals surface area (Å²) in [5.41, 5.74) is 0.650. The van der Waals surface area contributed by atoms with Crippen molar-refractivity contribution in [3.8, 4) is 0 Å². The number of carbonyl (C=O) groups is 4. The molecule has 0 saturated carbocycles. The molecule has 1 rings (SSSR count). The van der Waals surface area contributed by atoms with Crippen LogP contribution in [0.3, 0.4) is 0 Å². The third kappa shape index (κ3) is 7.07. The predicted octanol–water partition coefficient (Wildman–Crippen LogP) is 1.33. The number of nitrogens with one attached hydrogen (secondary N) is 2. The van der Waals surface area contributed by atoms with Gasteiger partial charge >= 0.3 is 18.2 Å². The van der Waals surface area contributed by atoms with Crippen LogP contribution in [0.5, 0.6) is 0 Å². The molecule has 1 aromatic rings. The highest BCUT2D eigenvalue weighted by Crippen LogP contribution is 2.14. The number of nitrogens with zero attached hydrogens (tertiary/aromatic N) is 3. The van der Waals surface area contributed by atoms with E-state index in [-0.39, 0.29) is 18.7 Å². The molecule has 0 aromatic heterocycles. The van der Waals surface area contributed by atoms with Gasteiger partial charge < -0.3 is 20.3 Å². The highest BCUT2D eigenvalue weighted by molar-refractivity contribution is 6.04. The van der Waals surface area contributed by atoms with Gasteiger partial charge in [-0.25, -0.2) is 19.3 Å². The average molecular weight is 407 g/mol. The van der Waals surface area contributed by atoms with Crippen LogP contribution in [0.2, 0.25) is 0 Å². The molecule has 0 heterocycles. The molecule has 0 atom stereocenters. The zero-order valence-corrected chi connectivity index (χ0v) is 17.5. The standard InChI is InChI=1S/C19H29N5O5/c1-20-17(26)23(5)16(25)15-10-7-6-9-14(15)13-29-19(28)24(18(27)21-2)12-8-11-22(3)4/h6-7,9-10H,8,11-13H2,1-5H3,(H,20,26)(H,21,27). The van der Waals surface area contributed by atoms with Crippen molar-refractivity contribution in [3.63, 3.8) is 0 Å². The monoisotopic (exact) mass is 407 g/mol. The lowest BCUT2D eigenvalue weighted by Crippen LogP contribution is -2.44. The summed E-state index contributed by atoms with van der Waals surface area (Å²) < 4.78 is 5.27. The zero-order valence-electron chi connectivity index (χ0n) is 17.5. The Morgan fingerprint density at radius 1 is 0.931 bits per heavy atom. The predicted molar refractivity (Wildman–Crippen MR) is 108 cm³/mol. The maximum absolute atomic E-state index is 12.5. The summed E-state index contributed by atoms with van der Waals surface area (Å²) in [5, 5.41) is 4.79. The Bertz CT molecular complexity index is 737. The molecule has 10 nitrogen and oxygen atoms in total. The lowest BCUT2D eigenvalue weighted by Gasteiger charge is -2.21. The summed E-state index contributed by atoms with van der Waals surface area (Å²) in [4.78, 5) is 52.5. The largest absolute Gasteiger partial charge is 0.444 e. The van der Waals surface area contributed by atoms with Crippen molar-refractivity contribution in [2.24, 2.45) is 0 Å². The highest BCUT2D eigenvalue weighted by atomic mass is 16.6. The third-order valence-electron chi connectivity index (χ3n) is 4.09. The van der Waals surface area contributed by atoms with Crippen LogP contribution < -0.4 is 10.6 Å². The molecule has 0 aliphatic rings. The highest BCUT2D eigenvalue weighted by Gasteiger charge is 2.24. The van der Waals surface area contributed by atoms with Gasteiger partial charge in [0, 0.05) is 38.8 Å². The van der Waals surface area contributed by atoms with Gasteiger partial charge in [0.2, 0.25) is 0 Å². The number of hydrogen-bond donors (Lipinski definition) is 2. The molecule has 0 fully saturated rings. The Hall–Kier alpha value is -3.14. The average Bonchev–Trinajstić information content (AvgIpc) is 2.72. The van der Waals surface area contributed by atoms with Crippen LogP contribution in [-0.4, -0.2) is 87.1 Å². The van der Waals surface area contributed by atoms with Crippen molar-refractivity contribution in [1.82, 2.24) is 25.3 Å². The van der Waals surface area contributed by atoms with Crippen molar-refractivity contribution in [2.75, 3.05) is 48.3 Å². The summed E-state index contributed by atoms with van der Waals surface area (Å²) in [6.07, 6.45) is -0.230. The van der Waals surface area contributed by atoms with Crippen LogP contribution in [0.4, 0.5) is 14.4 Å². The molecule has 0 saturated heterocycles. The molecule has 0 bridgehead atoms. The van der Waals surface area contributed by atoms with Gasteiger partial charge in [-0.1, -0.05) is 18.2 Å². The number of ether oxygens (including phenoxy) is 1. The first kappa shape index (κ1) is 23.9. The number of amides is 6. The summed E-state index contributed by atoms with van der Waals surface area (Å²) in [6.45, 7) is 0.671. The molecule has 160 valence electrons. The fourth-order valence-electron chi connectivity index (χ4n) is 2.47. The van der Waals surface area contributed by atoms with Crippen LogP contribution >= 0.6 is 0 Å². The molecule has 2 N–H and O–H groups in total. The lowest BCUT2D eigenvalue weighted by molar-refractivity contribution is 0.0819. The Labute approximate surface area is 170 Å². The minimum Gasteiger partial charge on any atom is -0.444 e. The van der Waals surface area contributed by atoms with Crippen molar-refractivity contribution in [2.45, 2.75) is 13.0 Å². The molecule has 0 aliphatic carbocycles. The van der Waals surface area contributed by atoms with Gasteiger partial charge in [-0.3, -0.25) is 9.69 Å². The van der Waals surface area contributed by atoms with Crippen molar-refractivity contribution in [1.29, 1.82) is 0 Å². The van der Waals surface area contributed by atoms with E-state index in [0.717, 1.165) is 9.80 Å². The van der Waals surface area contributed by atoms with Gasteiger partial charge in [0.15, 0.2) is 0 Å². The van der Waals surface area contributed by atoms with E-state index in [9.17, 15) is 19.2 Å². The van der Waals surface area contributed by atoms with Gasteiger partial charge in [-0.2, -0.15) is 0 Å². The molecular weight excluding hydrogens is 378 g/mol. The molecule has 29 heavy (non-hydrogen) atoms. The number of carbonyl (C=O) groups excluding carboxylic acids is 4. The van der Waals surface area contributed by atoms with E-state index < -0.39 is 24.1 Å². The minimum atomic E-state index is -0.815. The van der Waals surface area contributed by atoms with E-state index >= 15 is 0 Å². The summed E-state index contributed by atoms with van der Waals surface area (Å²) in [6, 6.07) is 5.36. The smallest absolute Gasteiger partial charge is 0.418 e. The van der Waals surface area contributed by atoms with E-state index in [0.29, 0.717) is 18.5 Å². The zero-order chi connectivity index (χ0) is 22.0. The van der Waals surface area contributed by atoms with E-state index in [2.05, 4.69) is 10.6 Å². The third-order valence-corrected chi connectivity index (χ3v) is 4.09. The summed E-state index contributed by atoms with van der Waals surface area (Å²) in [5.74, 6) is -0.537. The fourth-order valence-corrected chi connectivity index (χ4v) is 2.47.